The fraction of sp³-hybridized carbons (Fsp3) is 0.235. The molecule has 0 radical (unpaired) electrons. The fourth-order valence-electron chi connectivity index (χ4n) is 2.69. The van der Waals surface area contributed by atoms with Gasteiger partial charge in [0.05, 0.1) is 11.1 Å². The van der Waals surface area contributed by atoms with Gasteiger partial charge >= 0.3 is 0 Å². The molecule has 1 aliphatic heterocycles. The van der Waals surface area contributed by atoms with E-state index >= 15 is 0 Å². The van der Waals surface area contributed by atoms with Crippen molar-refractivity contribution in [2.75, 3.05) is 5.32 Å². The van der Waals surface area contributed by atoms with Crippen LogP contribution in [0.5, 0.6) is 0 Å². The molecule has 3 rings (SSSR count). The van der Waals surface area contributed by atoms with Crippen LogP contribution in [0.2, 0.25) is 0 Å². The summed E-state index contributed by atoms with van der Waals surface area (Å²) in [6.07, 6.45) is -1.15. The lowest BCUT2D eigenvalue weighted by Gasteiger charge is -2.18. The maximum absolute atomic E-state index is 13.9. The number of aliphatic hydroxyl groups excluding tert-OH is 1. The first-order chi connectivity index (χ1) is 10.3. The van der Waals surface area contributed by atoms with Gasteiger partial charge in [0.15, 0.2) is 0 Å². The van der Waals surface area contributed by atoms with Crippen molar-refractivity contribution < 1.29 is 18.7 Å². The molecule has 0 saturated heterocycles. The molecule has 2 aromatic rings. The van der Waals surface area contributed by atoms with Gasteiger partial charge in [-0.1, -0.05) is 12.1 Å². The van der Waals surface area contributed by atoms with E-state index in [1.807, 2.05) is 0 Å². The SMILES string of the molecule is CC1(C)C(=O)Nc2c(C(O)c3ccc(F)cc3)cc(F)cc21. The van der Waals surface area contributed by atoms with Crippen LogP contribution in [0.25, 0.3) is 0 Å². The van der Waals surface area contributed by atoms with Gasteiger partial charge in [-0.05, 0) is 49.2 Å². The van der Waals surface area contributed by atoms with Gasteiger partial charge in [0.2, 0.25) is 5.91 Å². The molecule has 0 saturated carbocycles. The van der Waals surface area contributed by atoms with E-state index in [4.69, 9.17) is 0 Å². The van der Waals surface area contributed by atoms with Crippen LogP contribution in [-0.4, -0.2) is 11.0 Å². The van der Waals surface area contributed by atoms with Crippen LogP contribution in [0.1, 0.15) is 36.6 Å². The lowest BCUT2D eigenvalue weighted by Crippen LogP contribution is -2.26. The molecule has 1 heterocycles. The van der Waals surface area contributed by atoms with E-state index in [0.29, 0.717) is 16.8 Å². The minimum atomic E-state index is -1.15. The molecule has 0 aromatic heterocycles. The molecular formula is C17H15F2NO2. The molecule has 0 bridgehead atoms. The zero-order chi connectivity index (χ0) is 16.1. The number of aliphatic hydroxyl groups is 1. The van der Waals surface area contributed by atoms with Gasteiger partial charge < -0.3 is 10.4 Å². The zero-order valence-electron chi connectivity index (χ0n) is 12.2. The van der Waals surface area contributed by atoms with E-state index in [2.05, 4.69) is 5.32 Å². The Morgan fingerprint density at radius 3 is 2.36 bits per heavy atom. The fourth-order valence-corrected chi connectivity index (χ4v) is 2.69. The lowest BCUT2D eigenvalue weighted by atomic mass is 9.84. The highest BCUT2D eigenvalue weighted by molar-refractivity contribution is 6.06. The highest BCUT2D eigenvalue weighted by Crippen LogP contribution is 2.43. The summed E-state index contributed by atoms with van der Waals surface area (Å²) in [6, 6.07) is 7.79. The Labute approximate surface area is 126 Å². The summed E-state index contributed by atoms with van der Waals surface area (Å²) in [6.45, 7) is 3.39. The Morgan fingerprint density at radius 2 is 1.73 bits per heavy atom. The third-order valence-electron chi connectivity index (χ3n) is 4.09. The first-order valence-corrected chi connectivity index (χ1v) is 6.89. The van der Waals surface area contributed by atoms with Crippen molar-refractivity contribution in [2.45, 2.75) is 25.4 Å². The molecule has 114 valence electrons. The molecule has 0 spiro atoms. The topological polar surface area (TPSA) is 49.3 Å². The average molecular weight is 303 g/mol. The first kappa shape index (κ1) is 14.7. The number of benzene rings is 2. The van der Waals surface area contributed by atoms with E-state index in [9.17, 15) is 18.7 Å². The zero-order valence-corrected chi connectivity index (χ0v) is 12.2. The van der Waals surface area contributed by atoms with Crippen LogP contribution in [0.3, 0.4) is 0 Å². The molecule has 22 heavy (non-hydrogen) atoms. The second-order valence-electron chi connectivity index (χ2n) is 5.95. The van der Waals surface area contributed by atoms with Crippen molar-refractivity contribution in [1.29, 1.82) is 0 Å². The summed E-state index contributed by atoms with van der Waals surface area (Å²) in [5, 5.41) is 13.2. The van der Waals surface area contributed by atoms with Crippen molar-refractivity contribution in [3.8, 4) is 0 Å². The molecule has 1 amide bonds. The molecule has 5 heteroatoms. The lowest BCUT2D eigenvalue weighted by molar-refractivity contribution is -0.119. The minimum absolute atomic E-state index is 0.249. The molecule has 0 fully saturated rings. The van der Waals surface area contributed by atoms with E-state index in [1.54, 1.807) is 13.8 Å². The number of hydrogen-bond donors (Lipinski definition) is 2. The molecule has 0 aliphatic carbocycles. The van der Waals surface area contributed by atoms with Gasteiger partial charge in [0, 0.05) is 5.56 Å². The van der Waals surface area contributed by atoms with E-state index in [0.717, 1.165) is 0 Å². The molecule has 1 atom stereocenters. The maximum Gasteiger partial charge on any atom is 0.234 e. The van der Waals surface area contributed by atoms with Crippen LogP contribution in [0.15, 0.2) is 36.4 Å². The Balaban J connectivity index is 2.13. The van der Waals surface area contributed by atoms with Crippen molar-refractivity contribution >= 4 is 11.6 Å². The summed E-state index contributed by atoms with van der Waals surface area (Å²) in [5.41, 5.74) is 0.755. The Kier molecular flexibility index (Phi) is 3.25. The van der Waals surface area contributed by atoms with Crippen LogP contribution in [-0.2, 0) is 10.2 Å². The van der Waals surface area contributed by atoms with Gasteiger partial charge in [0.25, 0.3) is 0 Å². The maximum atomic E-state index is 13.9. The quantitative estimate of drug-likeness (QED) is 0.894. The van der Waals surface area contributed by atoms with Crippen LogP contribution in [0, 0.1) is 11.6 Å². The van der Waals surface area contributed by atoms with Crippen molar-refractivity contribution in [2.24, 2.45) is 0 Å². The molecule has 1 unspecified atom stereocenters. The van der Waals surface area contributed by atoms with Crippen molar-refractivity contribution in [1.82, 2.24) is 0 Å². The number of rotatable bonds is 2. The Hall–Kier alpha value is -2.27. The third kappa shape index (κ3) is 2.18. The summed E-state index contributed by atoms with van der Waals surface area (Å²) < 4.78 is 26.9. The normalized spacial score (nSPS) is 17.0. The van der Waals surface area contributed by atoms with E-state index < -0.39 is 23.2 Å². The number of amides is 1. The molecular weight excluding hydrogens is 288 g/mol. The monoisotopic (exact) mass is 303 g/mol. The van der Waals surface area contributed by atoms with E-state index in [-0.39, 0.29) is 11.5 Å². The summed E-state index contributed by atoms with van der Waals surface area (Å²) >= 11 is 0. The number of anilines is 1. The van der Waals surface area contributed by atoms with E-state index in [1.165, 1.54) is 36.4 Å². The largest absolute Gasteiger partial charge is 0.384 e. The van der Waals surface area contributed by atoms with Gasteiger partial charge in [-0.15, -0.1) is 0 Å². The van der Waals surface area contributed by atoms with Crippen molar-refractivity contribution in [3.05, 3.63) is 64.7 Å². The molecule has 3 nitrogen and oxygen atoms in total. The second-order valence-corrected chi connectivity index (χ2v) is 5.95. The predicted octanol–water partition coefficient (Wildman–Crippen LogP) is 3.28. The summed E-state index contributed by atoms with van der Waals surface area (Å²) in [5.74, 6) is -1.20. The van der Waals surface area contributed by atoms with Gasteiger partial charge in [-0.25, -0.2) is 8.78 Å². The van der Waals surface area contributed by atoms with Gasteiger partial charge in [-0.2, -0.15) is 0 Å². The number of carbonyl (C=O) groups is 1. The Bertz CT molecular complexity index is 754. The Morgan fingerprint density at radius 1 is 1.09 bits per heavy atom. The minimum Gasteiger partial charge on any atom is -0.384 e. The highest BCUT2D eigenvalue weighted by atomic mass is 19.1. The standard InChI is InChI=1S/C17H15F2NO2/c1-17(2)13-8-11(19)7-12(14(13)20-16(17)22)15(21)9-3-5-10(18)6-4-9/h3-8,15,21H,1-2H3,(H,20,22). The number of hydrogen-bond acceptors (Lipinski definition) is 2. The van der Waals surface area contributed by atoms with Gasteiger partial charge in [0.1, 0.15) is 17.7 Å². The number of halogens is 2. The van der Waals surface area contributed by atoms with Crippen LogP contribution in [0.4, 0.5) is 14.5 Å². The molecule has 2 N–H and O–H groups in total. The van der Waals surface area contributed by atoms with Gasteiger partial charge in [-0.3, -0.25) is 4.79 Å². The number of fused-ring (bicyclic) bond motifs is 1. The predicted molar refractivity (Wildman–Crippen MR) is 78.5 cm³/mol. The summed E-state index contributed by atoms with van der Waals surface area (Å²) in [7, 11) is 0. The van der Waals surface area contributed by atoms with Crippen LogP contribution >= 0.6 is 0 Å². The number of carbonyl (C=O) groups excluding carboxylic acids is 1. The smallest absolute Gasteiger partial charge is 0.234 e. The highest BCUT2D eigenvalue weighted by Gasteiger charge is 2.40. The van der Waals surface area contributed by atoms with Crippen LogP contribution < -0.4 is 5.32 Å². The first-order valence-electron chi connectivity index (χ1n) is 6.89. The van der Waals surface area contributed by atoms with Crippen molar-refractivity contribution in [3.63, 3.8) is 0 Å². The molecule has 2 aromatic carbocycles. The average Bonchev–Trinajstić information content (AvgIpc) is 2.69. The number of nitrogens with one attached hydrogen (secondary N) is 1. The molecule has 1 aliphatic rings. The second kappa shape index (κ2) is 4.88. The third-order valence-corrected chi connectivity index (χ3v) is 4.09. The summed E-state index contributed by atoms with van der Waals surface area (Å²) in [4.78, 5) is 12.1.